The van der Waals surface area contributed by atoms with Gasteiger partial charge in [0.1, 0.15) is 0 Å². The first-order valence-electron chi connectivity index (χ1n) is 0. The van der Waals surface area contributed by atoms with Crippen molar-refractivity contribution in [1.29, 1.82) is 0 Å². The van der Waals surface area contributed by atoms with E-state index >= 15 is 0 Å². The topological polar surface area (TPSA) is 114 Å². The minimum atomic E-state index is 0. The Morgan fingerprint density at radius 3 is 0.429 bits per heavy atom. The minimum Gasteiger partial charge on any atom is -2.00 e. The molecule has 0 rings (SSSR count). The normalized spacial score (nSPS) is 0. The quantitative estimate of drug-likeness (QED) is 0.518. The van der Waals surface area contributed by atoms with Crippen LogP contribution in [0.25, 0.3) is 0 Å². The van der Waals surface area contributed by atoms with Crippen LogP contribution in [0.15, 0.2) is 0 Å². The van der Waals surface area contributed by atoms with Gasteiger partial charge in [0.25, 0.3) is 0 Å². The molecule has 0 spiro atoms. The van der Waals surface area contributed by atoms with E-state index in [-0.39, 0.29) is 105 Å². The first kappa shape index (κ1) is 112. The standard InChI is InChI=1S/Ba.2Fe.4O/q+2;2*+3;4*-2. The summed E-state index contributed by atoms with van der Waals surface area (Å²) >= 11 is 0. The Morgan fingerprint density at radius 2 is 0.429 bits per heavy atom. The third kappa shape index (κ3) is 58.6. The average molecular weight is 313 g/mol. The molecule has 0 unspecified atom stereocenters. The van der Waals surface area contributed by atoms with E-state index < -0.39 is 0 Å². The van der Waals surface area contributed by atoms with Crippen LogP contribution < -0.4 is 0 Å². The molecule has 0 aromatic heterocycles. The van der Waals surface area contributed by atoms with Crippen molar-refractivity contribution in [2.45, 2.75) is 0 Å². The summed E-state index contributed by atoms with van der Waals surface area (Å²) < 4.78 is 0. The molecule has 0 bridgehead atoms. The Balaban J connectivity index is 0. The van der Waals surface area contributed by atoms with Gasteiger partial charge in [0.05, 0.1) is 0 Å². The van der Waals surface area contributed by atoms with Crippen molar-refractivity contribution < 1.29 is 56.0 Å². The summed E-state index contributed by atoms with van der Waals surface area (Å²) in [6.45, 7) is 0. The van der Waals surface area contributed by atoms with Crippen LogP contribution in [0.2, 0.25) is 0 Å². The van der Waals surface area contributed by atoms with Crippen molar-refractivity contribution >= 4 is 48.9 Å². The molecule has 0 aromatic rings. The zero-order valence-corrected chi connectivity index (χ0v) is 9.70. The average Bonchev–Trinajstić information content (AvgIpc) is 0. The van der Waals surface area contributed by atoms with Crippen molar-refractivity contribution in [3.63, 3.8) is 0 Å². The van der Waals surface area contributed by atoms with Crippen molar-refractivity contribution in [3.05, 3.63) is 0 Å². The van der Waals surface area contributed by atoms with Gasteiger partial charge in [-0.1, -0.05) is 0 Å². The molecule has 0 amide bonds. The van der Waals surface area contributed by atoms with Crippen LogP contribution in [-0.4, -0.2) is 48.9 Å². The Labute approximate surface area is 103 Å². The zero-order valence-electron chi connectivity index (χ0n) is 3.05. The fourth-order valence-electron chi connectivity index (χ4n) is 0. The van der Waals surface area contributed by atoms with E-state index in [9.17, 15) is 0 Å². The second kappa shape index (κ2) is 78.1. The molecule has 42 valence electrons. The fourth-order valence-corrected chi connectivity index (χ4v) is 0. The van der Waals surface area contributed by atoms with E-state index in [0.29, 0.717) is 0 Å². The maximum atomic E-state index is 0. The second-order valence-corrected chi connectivity index (χ2v) is 0. The van der Waals surface area contributed by atoms with Crippen LogP contribution in [0.5, 0.6) is 0 Å². The Bertz CT molecular complexity index is 9.65. The summed E-state index contributed by atoms with van der Waals surface area (Å²) in [4.78, 5) is 0. The minimum absolute atomic E-state index is 0. The maximum Gasteiger partial charge on any atom is 3.00 e. The molecule has 0 saturated carbocycles. The van der Waals surface area contributed by atoms with Crippen molar-refractivity contribution in [2.75, 3.05) is 0 Å². The van der Waals surface area contributed by atoms with Gasteiger partial charge in [0.15, 0.2) is 0 Å². The van der Waals surface area contributed by atoms with Gasteiger partial charge in [-0.2, -0.15) is 0 Å². The molecule has 4 nitrogen and oxygen atoms in total. The molecule has 0 N–H and O–H groups in total. The smallest absolute Gasteiger partial charge is 2.00 e. The molecule has 0 saturated heterocycles. The van der Waals surface area contributed by atoms with Gasteiger partial charge < -0.3 is 21.9 Å². The van der Waals surface area contributed by atoms with Crippen LogP contribution in [0.1, 0.15) is 0 Å². The second-order valence-electron chi connectivity index (χ2n) is 0. The third-order valence-corrected chi connectivity index (χ3v) is 0. The van der Waals surface area contributed by atoms with E-state index in [1.54, 1.807) is 0 Å². The summed E-state index contributed by atoms with van der Waals surface area (Å²) in [5.41, 5.74) is 0. The van der Waals surface area contributed by atoms with Crippen molar-refractivity contribution in [2.24, 2.45) is 0 Å². The summed E-state index contributed by atoms with van der Waals surface area (Å²) in [7, 11) is 0. The molecule has 7 heavy (non-hydrogen) atoms. The largest absolute Gasteiger partial charge is 3.00 e. The number of hydrogen-bond acceptors (Lipinski definition) is 0. The third-order valence-electron chi connectivity index (χ3n) is 0. The van der Waals surface area contributed by atoms with Gasteiger partial charge in [-0.15, -0.1) is 0 Å². The van der Waals surface area contributed by atoms with E-state index in [0.717, 1.165) is 0 Å². The molecule has 0 aromatic carbocycles. The van der Waals surface area contributed by atoms with E-state index in [1.165, 1.54) is 0 Å². The molecule has 0 aliphatic carbocycles. The Morgan fingerprint density at radius 1 is 0.429 bits per heavy atom. The van der Waals surface area contributed by atoms with Crippen LogP contribution >= 0.6 is 0 Å². The summed E-state index contributed by atoms with van der Waals surface area (Å²) in [5, 5.41) is 0. The van der Waals surface area contributed by atoms with Crippen molar-refractivity contribution in [1.82, 2.24) is 0 Å². The SMILES string of the molecule is [Ba+2].[Fe+3].[Fe+3].[O-2].[O-2].[O-2].[O-2]. The van der Waals surface area contributed by atoms with Crippen LogP contribution in [0, 0.1) is 0 Å². The Hall–Kier alpha value is 2.45. The molecule has 7 heteroatoms. The van der Waals surface area contributed by atoms with Gasteiger partial charge in [0, 0.05) is 0 Å². The molecule has 0 fully saturated rings. The molecule has 0 aliphatic rings. The van der Waals surface area contributed by atoms with Gasteiger partial charge >= 0.3 is 83.0 Å². The van der Waals surface area contributed by atoms with Gasteiger partial charge in [-0.05, 0) is 0 Å². The van der Waals surface area contributed by atoms with Gasteiger partial charge in [0.2, 0.25) is 0 Å². The van der Waals surface area contributed by atoms with Crippen LogP contribution in [-0.2, 0) is 56.0 Å². The van der Waals surface area contributed by atoms with Crippen LogP contribution in [0.4, 0.5) is 0 Å². The molecule has 0 aliphatic heterocycles. The maximum absolute atomic E-state index is 0. The molecule has 0 heterocycles. The predicted molar refractivity (Wildman–Crippen MR) is 8.50 cm³/mol. The van der Waals surface area contributed by atoms with Gasteiger partial charge in [-0.3, -0.25) is 0 Å². The molecule has 0 atom stereocenters. The molecular formula is BaFe2O4. The first-order valence-corrected chi connectivity index (χ1v) is 0. The zero-order chi connectivity index (χ0) is 0. The van der Waals surface area contributed by atoms with E-state index in [4.69, 9.17) is 0 Å². The molecular weight excluding hydrogens is 313 g/mol. The summed E-state index contributed by atoms with van der Waals surface area (Å²) in [5.74, 6) is 0. The molecule has 2 radical (unpaired) electrons. The van der Waals surface area contributed by atoms with E-state index in [1.807, 2.05) is 0 Å². The summed E-state index contributed by atoms with van der Waals surface area (Å²) in [6, 6.07) is 0. The number of rotatable bonds is 0. The van der Waals surface area contributed by atoms with E-state index in [2.05, 4.69) is 0 Å². The fraction of sp³-hybridized carbons (Fsp3) is 0. The Kier molecular flexibility index (Phi) is 1250. The predicted octanol–water partition coefficient (Wildman–Crippen LogP) is -0.861. The van der Waals surface area contributed by atoms with Crippen LogP contribution in [0.3, 0.4) is 0 Å². The summed E-state index contributed by atoms with van der Waals surface area (Å²) in [6.07, 6.45) is 0. The first-order chi connectivity index (χ1) is 0. The van der Waals surface area contributed by atoms with Gasteiger partial charge in [-0.25, -0.2) is 0 Å². The monoisotopic (exact) mass is 314 g/mol. The van der Waals surface area contributed by atoms with Crippen molar-refractivity contribution in [3.8, 4) is 0 Å². The number of hydrogen-bond donors (Lipinski definition) is 0.